The molecule has 2 aromatic rings. The summed E-state index contributed by atoms with van der Waals surface area (Å²) >= 11 is 0. The summed E-state index contributed by atoms with van der Waals surface area (Å²) in [5.41, 5.74) is 0.672. The molecule has 0 saturated carbocycles. The van der Waals surface area contributed by atoms with Gasteiger partial charge in [-0.2, -0.15) is 0 Å². The number of aromatic nitrogens is 2. The summed E-state index contributed by atoms with van der Waals surface area (Å²) in [7, 11) is 1.34. The van der Waals surface area contributed by atoms with E-state index < -0.39 is 0 Å². The molecule has 1 aromatic carbocycles. The van der Waals surface area contributed by atoms with Crippen LogP contribution in [0.3, 0.4) is 0 Å². The number of para-hydroxylation sites is 1. The molecule has 0 N–H and O–H groups in total. The fourth-order valence-corrected chi connectivity index (χ4v) is 2.09. The molecular formula is C13H16N2O3. The third-order valence-electron chi connectivity index (χ3n) is 2.88. The minimum atomic E-state index is -0.370. The highest BCUT2D eigenvalue weighted by atomic mass is 16.5. The summed E-state index contributed by atoms with van der Waals surface area (Å²) in [5.74, 6) is -0.370. The molecule has 0 fully saturated rings. The maximum atomic E-state index is 12.3. The highest BCUT2D eigenvalue weighted by Gasteiger charge is 2.16. The number of carbonyl (C=O) groups excluding carboxylic acids is 1. The number of methoxy groups -OCH3 is 1. The predicted molar refractivity (Wildman–Crippen MR) is 68.6 cm³/mol. The summed E-state index contributed by atoms with van der Waals surface area (Å²) in [5, 5.41) is 0.620. The summed E-state index contributed by atoms with van der Waals surface area (Å²) in [6, 6.07) is 7.24. The minimum Gasteiger partial charge on any atom is -0.468 e. The lowest BCUT2D eigenvalue weighted by Gasteiger charge is -2.14. The zero-order valence-electron chi connectivity index (χ0n) is 10.7. The molecule has 1 heterocycles. The van der Waals surface area contributed by atoms with Crippen LogP contribution in [0.2, 0.25) is 0 Å². The van der Waals surface area contributed by atoms with Crippen LogP contribution in [0.25, 0.3) is 10.9 Å². The van der Waals surface area contributed by atoms with Crippen molar-refractivity contribution in [1.29, 1.82) is 0 Å². The first-order valence-electron chi connectivity index (χ1n) is 5.83. The lowest BCUT2D eigenvalue weighted by atomic mass is 10.2. The van der Waals surface area contributed by atoms with Crippen LogP contribution in [-0.2, 0) is 16.1 Å². The van der Waals surface area contributed by atoms with E-state index in [4.69, 9.17) is 0 Å². The van der Waals surface area contributed by atoms with Gasteiger partial charge in [0.05, 0.1) is 18.0 Å². The van der Waals surface area contributed by atoms with Crippen LogP contribution in [-0.4, -0.2) is 22.4 Å². The molecule has 0 bridgehead atoms. The summed E-state index contributed by atoms with van der Waals surface area (Å²) in [4.78, 5) is 23.7. The highest BCUT2D eigenvalue weighted by molar-refractivity contribution is 5.80. The quantitative estimate of drug-likeness (QED) is 0.774. The van der Waals surface area contributed by atoms with E-state index in [-0.39, 0.29) is 24.1 Å². The lowest BCUT2D eigenvalue weighted by molar-refractivity contribution is -0.141. The van der Waals surface area contributed by atoms with Crippen LogP contribution in [0.15, 0.2) is 29.1 Å². The first-order valence-corrected chi connectivity index (χ1v) is 5.83. The van der Waals surface area contributed by atoms with Gasteiger partial charge in [-0.15, -0.1) is 0 Å². The van der Waals surface area contributed by atoms with Gasteiger partial charge in [0, 0.05) is 6.04 Å². The number of esters is 1. The number of benzene rings is 1. The molecule has 0 amide bonds. The Labute approximate surface area is 105 Å². The van der Waals surface area contributed by atoms with Crippen molar-refractivity contribution in [2.45, 2.75) is 26.4 Å². The van der Waals surface area contributed by atoms with Gasteiger partial charge in [0.1, 0.15) is 6.54 Å². The molecule has 0 saturated heterocycles. The zero-order chi connectivity index (χ0) is 13.3. The third kappa shape index (κ3) is 1.92. The van der Waals surface area contributed by atoms with Gasteiger partial charge < -0.3 is 4.74 Å². The fraction of sp³-hybridized carbons (Fsp3) is 0.385. The Morgan fingerprint density at radius 1 is 1.33 bits per heavy atom. The van der Waals surface area contributed by atoms with Gasteiger partial charge in [0.15, 0.2) is 0 Å². The van der Waals surface area contributed by atoms with E-state index in [0.717, 1.165) is 5.52 Å². The van der Waals surface area contributed by atoms with Crippen LogP contribution < -0.4 is 5.56 Å². The van der Waals surface area contributed by atoms with Crippen molar-refractivity contribution < 1.29 is 9.53 Å². The van der Waals surface area contributed by atoms with Crippen LogP contribution in [0, 0.1) is 0 Å². The predicted octanol–water partition coefficient (Wildman–Crippen LogP) is 1.56. The highest BCUT2D eigenvalue weighted by Crippen LogP contribution is 2.14. The Bertz CT molecular complexity index is 637. The van der Waals surface area contributed by atoms with E-state index >= 15 is 0 Å². The zero-order valence-corrected chi connectivity index (χ0v) is 10.7. The van der Waals surface area contributed by atoms with Gasteiger partial charge in [0.2, 0.25) is 0 Å². The van der Waals surface area contributed by atoms with E-state index in [9.17, 15) is 9.59 Å². The average Bonchev–Trinajstić information content (AvgIpc) is 2.63. The molecule has 2 rings (SSSR count). The van der Waals surface area contributed by atoms with E-state index in [0.29, 0.717) is 5.39 Å². The van der Waals surface area contributed by atoms with E-state index in [1.54, 1.807) is 15.4 Å². The van der Waals surface area contributed by atoms with Crippen molar-refractivity contribution in [3.8, 4) is 0 Å². The molecular weight excluding hydrogens is 232 g/mol. The minimum absolute atomic E-state index is 0.0189. The molecule has 96 valence electrons. The third-order valence-corrected chi connectivity index (χ3v) is 2.88. The van der Waals surface area contributed by atoms with Gasteiger partial charge in [-0.3, -0.25) is 14.3 Å². The second-order valence-corrected chi connectivity index (χ2v) is 4.39. The lowest BCUT2D eigenvalue weighted by Crippen LogP contribution is -2.27. The largest absolute Gasteiger partial charge is 0.468 e. The van der Waals surface area contributed by atoms with Crippen LogP contribution in [0.1, 0.15) is 19.9 Å². The van der Waals surface area contributed by atoms with Crippen molar-refractivity contribution in [2.24, 2.45) is 0 Å². The Kier molecular flexibility index (Phi) is 3.23. The summed E-state index contributed by atoms with van der Waals surface area (Å²) < 4.78 is 7.93. The Morgan fingerprint density at radius 2 is 2.00 bits per heavy atom. The smallest absolute Gasteiger partial charge is 0.327 e. The molecule has 5 heteroatoms. The number of hydrogen-bond acceptors (Lipinski definition) is 3. The van der Waals surface area contributed by atoms with E-state index in [2.05, 4.69) is 4.74 Å². The fourth-order valence-electron chi connectivity index (χ4n) is 2.09. The van der Waals surface area contributed by atoms with Crippen molar-refractivity contribution in [3.63, 3.8) is 0 Å². The molecule has 1 aromatic heterocycles. The maximum Gasteiger partial charge on any atom is 0.327 e. The number of carbonyl (C=O) groups is 1. The molecule has 0 aliphatic rings. The summed E-state index contributed by atoms with van der Waals surface area (Å²) in [6.45, 7) is 3.86. The first kappa shape index (κ1) is 12.4. The number of fused-ring (bicyclic) bond motifs is 1. The number of rotatable bonds is 3. The van der Waals surface area contributed by atoms with Gasteiger partial charge >= 0.3 is 5.97 Å². The number of hydrogen-bond donors (Lipinski definition) is 0. The Hall–Kier alpha value is -2.04. The van der Waals surface area contributed by atoms with Crippen LogP contribution in [0.5, 0.6) is 0 Å². The molecule has 0 atom stereocenters. The molecule has 0 unspecified atom stereocenters. The Morgan fingerprint density at radius 3 is 2.61 bits per heavy atom. The van der Waals surface area contributed by atoms with Gasteiger partial charge in [-0.25, -0.2) is 4.68 Å². The van der Waals surface area contributed by atoms with Gasteiger partial charge in [-0.1, -0.05) is 12.1 Å². The van der Waals surface area contributed by atoms with E-state index in [1.165, 1.54) is 7.11 Å². The Balaban J connectivity index is 2.71. The molecule has 5 nitrogen and oxygen atoms in total. The maximum absolute atomic E-state index is 12.3. The number of nitrogens with zero attached hydrogens (tertiary/aromatic N) is 2. The molecule has 0 spiro atoms. The average molecular weight is 248 g/mol. The van der Waals surface area contributed by atoms with Crippen molar-refractivity contribution in [1.82, 2.24) is 9.36 Å². The monoisotopic (exact) mass is 248 g/mol. The molecule has 0 aliphatic carbocycles. The second kappa shape index (κ2) is 4.68. The SMILES string of the molecule is COC(=O)Cn1c2ccccc2c(=O)n1C(C)C. The van der Waals surface area contributed by atoms with Crippen molar-refractivity contribution in [3.05, 3.63) is 34.6 Å². The van der Waals surface area contributed by atoms with Gasteiger partial charge in [-0.05, 0) is 26.0 Å². The van der Waals surface area contributed by atoms with Gasteiger partial charge in [0.25, 0.3) is 5.56 Å². The normalized spacial score (nSPS) is 11.1. The standard InChI is InChI=1S/C13H16N2O3/c1-9(2)15-13(17)10-6-4-5-7-11(10)14(15)8-12(16)18-3/h4-7,9H,8H2,1-3H3. The van der Waals surface area contributed by atoms with Crippen molar-refractivity contribution >= 4 is 16.9 Å². The first-order chi connectivity index (χ1) is 8.56. The van der Waals surface area contributed by atoms with E-state index in [1.807, 2.05) is 32.0 Å². The van der Waals surface area contributed by atoms with Crippen LogP contribution in [0.4, 0.5) is 0 Å². The van der Waals surface area contributed by atoms with Crippen LogP contribution >= 0.6 is 0 Å². The summed E-state index contributed by atoms with van der Waals surface area (Å²) in [6.07, 6.45) is 0. The molecule has 18 heavy (non-hydrogen) atoms. The second-order valence-electron chi connectivity index (χ2n) is 4.39. The van der Waals surface area contributed by atoms with Crippen molar-refractivity contribution in [2.75, 3.05) is 7.11 Å². The molecule has 0 aliphatic heterocycles. The number of ether oxygens (including phenoxy) is 1. The molecule has 0 radical (unpaired) electrons. The topological polar surface area (TPSA) is 53.2 Å².